The summed E-state index contributed by atoms with van der Waals surface area (Å²) in [4.78, 5) is 15.3. The molecule has 0 aromatic heterocycles. The third kappa shape index (κ3) is 4.66. The number of nitrogens with one attached hydrogen (secondary N) is 1. The summed E-state index contributed by atoms with van der Waals surface area (Å²) in [6.45, 7) is 0. The predicted octanol–water partition coefficient (Wildman–Crippen LogP) is 3.73. The van der Waals surface area contributed by atoms with E-state index in [1.165, 1.54) is 11.8 Å². The van der Waals surface area contributed by atoms with Gasteiger partial charge in [-0.2, -0.15) is 0 Å². The molecular formula is C21H26F2N2O3S2. The van der Waals surface area contributed by atoms with Crippen molar-refractivity contribution < 1.29 is 22.0 Å². The van der Waals surface area contributed by atoms with Crippen molar-refractivity contribution >= 4 is 27.5 Å². The number of halogens is 2. The molecule has 2 unspecified atom stereocenters. The number of carbonyl (C=O) groups is 1. The van der Waals surface area contributed by atoms with Crippen LogP contribution in [0.4, 0.5) is 8.78 Å². The lowest BCUT2D eigenvalue weighted by molar-refractivity contribution is -0.122. The molecule has 1 aliphatic heterocycles. The molecule has 1 heterocycles. The molecule has 0 spiro atoms. The van der Waals surface area contributed by atoms with Gasteiger partial charge in [-0.1, -0.05) is 23.9 Å². The first-order valence-electron chi connectivity index (χ1n) is 10.2. The molecule has 3 aliphatic rings. The molecule has 4 rings (SSSR count). The van der Waals surface area contributed by atoms with E-state index in [1.807, 2.05) is 18.1 Å². The molecule has 5 nitrogen and oxygen atoms in total. The first-order valence-corrected chi connectivity index (χ1v) is 12.7. The Bertz CT molecular complexity index is 922. The molecule has 0 saturated heterocycles. The third-order valence-electron chi connectivity index (χ3n) is 5.98. The van der Waals surface area contributed by atoms with Gasteiger partial charge in [-0.3, -0.25) is 4.79 Å². The first-order chi connectivity index (χ1) is 14.2. The fourth-order valence-corrected chi connectivity index (χ4v) is 6.63. The van der Waals surface area contributed by atoms with Crippen LogP contribution in [-0.2, 0) is 14.6 Å². The van der Waals surface area contributed by atoms with Crippen molar-refractivity contribution in [3.05, 3.63) is 41.1 Å². The van der Waals surface area contributed by atoms with Gasteiger partial charge in [0.05, 0.1) is 27.0 Å². The Morgan fingerprint density at radius 1 is 1.20 bits per heavy atom. The van der Waals surface area contributed by atoms with Crippen molar-refractivity contribution in [2.45, 2.75) is 60.5 Å². The number of benzene rings is 1. The third-order valence-corrected chi connectivity index (χ3v) is 9.31. The highest BCUT2D eigenvalue weighted by molar-refractivity contribution is 8.03. The van der Waals surface area contributed by atoms with E-state index in [0.29, 0.717) is 24.8 Å². The zero-order valence-corrected chi connectivity index (χ0v) is 18.4. The number of alkyl halides is 2. The second-order valence-corrected chi connectivity index (χ2v) is 11.7. The smallest absolute Gasteiger partial charge is 0.232 e. The zero-order valence-electron chi connectivity index (χ0n) is 16.8. The average molecular weight is 457 g/mol. The highest BCUT2D eigenvalue weighted by Crippen LogP contribution is 2.39. The van der Waals surface area contributed by atoms with Gasteiger partial charge in [0.1, 0.15) is 12.3 Å². The SMILES string of the molecule is CN1C=C(NC(=O)[C@H](CC2CC(F)C(F)C2)c2ccc(S(=O)(=O)C3CC3)cc2)SC1. The number of carbonyl (C=O) groups excluding carboxylic acids is 1. The summed E-state index contributed by atoms with van der Waals surface area (Å²) < 4.78 is 52.3. The van der Waals surface area contributed by atoms with Crippen LogP contribution in [0.25, 0.3) is 0 Å². The van der Waals surface area contributed by atoms with Crippen LogP contribution in [-0.4, -0.2) is 49.7 Å². The Morgan fingerprint density at radius 3 is 2.37 bits per heavy atom. The van der Waals surface area contributed by atoms with Crippen LogP contribution in [0.2, 0.25) is 0 Å². The van der Waals surface area contributed by atoms with E-state index in [0.717, 1.165) is 10.9 Å². The topological polar surface area (TPSA) is 66.5 Å². The number of hydrogen-bond donors (Lipinski definition) is 1. The number of amides is 1. The van der Waals surface area contributed by atoms with Crippen LogP contribution in [0, 0.1) is 5.92 Å². The average Bonchev–Trinajstić information content (AvgIpc) is 3.42. The largest absolute Gasteiger partial charge is 0.369 e. The molecule has 1 N–H and O–H groups in total. The van der Waals surface area contributed by atoms with E-state index < -0.39 is 28.1 Å². The molecule has 0 bridgehead atoms. The van der Waals surface area contributed by atoms with Crippen molar-refractivity contribution in [1.29, 1.82) is 0 Å². The molecule has 9 heteroatoms. The van der Waals surface area contributed by atoms with E-state index >= 15 is 0 Å². The number of sulfone groups is 1. The molecule has 2 fully saturated rings. The zero-order chi connectivity index (χ0) is 21.5. The van der Waals surface area contributed by atoms with Crippen molar-refractivity contribution in [1.82, 2.24) is 10.2 Å². The lowest BCUT2D eigenvalue weighted by Crippen LogP contribution is -2.29. The van der Waals surface area contributed by atoms with Gasteiger partial charge in [0, 0.05) is 13.2 Å². The Kier molecular flexibility index (Phi) is 6.12. The fraction of sp³-hybridized carbons (Fsp3) is 0.571. The molecular weight excluding hydrogens is 430 g/mol. The molecule has 0 radical (unpaired) electrons. The van der Waals surface area contributed by atoms with Crippen LogP contribution in [0.1, 0.15) is 43.6 Å². The minimum Gasteiger partial charge on any atom is -0.369 e. The van der Waals surface area contributed by atoms with Crippen LogP contribution < -0.4 is 5.32 Å². The number of hydrogen-bond acceptors (Lipinski definition) is 5. The fourth-order valence-electron chi connectivity index (χ4n) is 4.13. The maximum absolute atomic E-state index is 13.7. The molecule has 2 saturated carbocycles. The number of thioether (sulfide) groups is 1. The molecule has 30 heavy (non-hydrogen) atoms. The highest BCUT2D eigenvalue weighted by Gasteiger charge is 2.39. The minimum absolute atomic E-state index is 0.110. The van der Waals surface area contributed by atoms with E-state index in [-0.39, 0.29) is 34.8 Å². The van der Waals surface area contributed by atoms with Crippen molar-refractivity contribution in [3.63, 3.8) is 0 Å². The molecule has 2 aliphatic carbocycles. The first kappa shape index (κ1) is 21.6. The second-order valence-electron chi connectivity index (χ2n) is 8.48. The van der Waals surface area contributed by atoms with Crippen LogP contribution in [0.15, 0.2) is 40.4 Å². The summed E-state index contributed by atoms with van der Waals surface area (Å²) in [6, 6.07) is 6.42. The summed E-state index contributed by atoms with van der Waals surface area (Å²) in [6.07, 6.45) is 0.807. The lowest BCUT2D eigenvalue weighted by Gasteiger charge is -2.21. The minimum atomic E-state index is -3.31. The van der Waals surface area contributed by atoms with Gasteiger partial charge in [0.15, 0.2) is 9.84 Å². The summed E-state index contributed by atoms with van der Waals surface area (Å²) in [5, 5.41) is 3.35. The molecule has 1 aromatic rings. The summed E-state index contributed by atoms with van der Waals surface area (Å²) in [5.41, 5.74) is 0.664. The van der Waals surface area contributed by atoms with Gasteiger partial charge in [-0.05, 0) is 55.7 Å². The second kappa shape index (κ2) is 8.49. The van der Waals surface area contributed by atoms with Crippen LogP contribution in [0.3, 0.4) is 0 Å². The van der Waals surface area contributed by atoms with E-state index in [4.69, 9.17) is 0 Å². The van der Waals surface area contributed by atoms with E-state index in [2.05, 4.69) is 5.32 Å². The van der Waals surface area contributed by atoms with Crippen LogP contribution in [0.5, 0.6) is 0 Å². The standard InChI is InChI=1S/C21H26F2N2O3S2/c1-25-11-20(29-12-25)24-21(26)17(8-13-9-18(22)19(23)10-13)14-2-4-15(5-3-14)30(27,28)16-6-7-16/h2-5,11,13,16-19H,6-10,12H2,1H3,(H,24,26)/t13?,17-,18?,19?/m1/s1. The van der Waals surface area contributed by atoms with Crippen molar-refractivity contribution in [3.8, 4) is 0 Å². The summed E-state index contributed by atoms with van der Waals surface area (Å²) in [7, 11) is -1.40. The Balaban J connectivity index is 1.54. The summed E-state index contributed by atoms with van der Waals surface area (Å²) in [5.74, 6) is -0.324. The summed E-state index contributed by atoms with van der Waals surface area (Å²) >= 11 is 1.51. The molecule has 1 amide bonds. The van der Waals surface area contributed by atoms with Gasteiger partial charge in [-0.25, -0.2) is 17.2 Å². The van der Waals surface area contributed by atoms with Crippen molar-refractivity contribution in [2.75, 3.05) is 12.9 Å². The Labute approximate surface area is 180 Å². The van der Waals surface area contributed by atoms with E-state index in [9.17, 15) is 22.0 Å². The normalized spacial score (nSPS) is 27.8. The predicted molar refractivity (Wildman–Crippen MR) is 113 cm³/mol. The highest BCUT2D eigenvalue weighted by atomic mass is 32.2. The van der Waals surface area contributed by atoms with Crippen LogP contribution >= 0.6 is 11.8 Å². The Morgan fingerprint density at radius 2 is 1.83 bits per heavy atom. The number of rotatable bonds is 7. The maximum atomic E-state index is 13.7. The van der Waals surface area contributed by atoms with Gasteiger partial charge >= 0.3 is 0 Å². The molecule has 164 valence electrons. The Hall–Kier alpha value is -1.61. The molecule has 3 atom stereocenters. The van der Waals surface area contributed by atoms with Gasteiger partial charge in [0.2, 0.25) is 5.91 Å². The number of nitrogens with zero attached hydrogens (tertiary/aromatic N) is 1. The van der Waals surface area contributed by atoms with Gasteiger partial charge < -0.3 is 10.2 Å². The van der Waals surface area contributed by atoms with E-state index in [1.54, 1.807) is 24.3 Å². The van der Waals surface area contributed by atoms with Crippen molar-refractivity contribution in [2.24, 2.45) is 5.92 Å². The van der Waals surface area contributed by atoms with Gasteiger partial charge in [-0.15, -0.1) is 0 Å². The van der Waals surface area contributed by atoms with Gasteiger partial charge in [0.25, 0.3) is 0 Å². The lowest BCUT2D eigenvalue weighted by atomic mass is 9.87. The maximum Gasteiger partial charge on any atom is 0.232 e. The quantitative estimate of drug-likeness (QED) is 0.677. The molecule has 1 aromatic carbocycles. The monoisotopic (exact) mass is 456 g/mol.